The number of benzene rings is 1. The summed E-state index contributed by atoms with van der Waals surface area (Å²) in [4.78, 5) is 0. The van der Waals surface area contributed by atoms with Crippen LogP contribution in [0.4, 0.5) is 0 Å². The first-order valence-electron chi connectivity index (χ1n) is 5.05. The number of aromatic hydroxyl groups is 1. The number of halogens is 1. The number of hydrogen-bond donors (Lipinski definition) is 3. The molecule has 3 nitrogen and oxygen atoms in total. The number of nitrogens with two attached hydrogens (primary N) is 1. The van der Waals surface area contributed by atoms with Crippen LogP contribution in [-0.4, -0.2) is 16.3 Å². The number of aliphatic hydroxyl groups is 1. The van der Waals surface area contributed by atoms with Crippen molar-refractivity contribution in [2.45, 2.75) is 32.9 Å². The number of rotatable bonds is 2. The van der Waals surface area contributed by atoms with Crippen molar-refractivity contribution in [2.24, 2.45) is 11.1 Å². The van der Waals surface area contributed by atoms with Gasteiger partial charge in [0.2, 0.25) is 0 Å². The predicted octanol–water partition coefficient (Wildman–Crippen LogP) is 2.22. The van der Waals surface area contributed by atoms with Gasteiger partial charge in [-0.1, -0.05) is 32.9 Å². The zero-order chi connectivity index (χ0) is 11.6. The molecule has 0 spiro atoms. The Labute approximate surface area is 103 Å². The molecule has 0 amide bonds. The van der Waals surface area contributed by atoms with E-state index in [1.807, 2.05) is 20.8 Å². The number of phenolic OH excluding ortho intramolecular Hbond substituents is 1. The third kappa shape index (κ3) is 3.67. The molecule has 0 aromatic heterocycles. The smallest absolute Gasteiger partial charge is 0.115 e. The van der Waals surface area contributed by atoms with E-state index in [4.69, 9.17) is 10.8 Å². The highest BCUT2D eigenvalue weighted by Gasteiger charge is 2.28. The van der Waals surface area contributed by atoms with Crippen molar-refractivity contribution in [3.8, 4) is 5.75 Å². The summed E-state index contributed by atoms with van der Waals surface area (Å²) in [7, 11) is 0. The van der Waals surface area contributed by atoms with E-state index in [1.54, 1.807) is 24.3 Å². The summed E-state index contributed by atoms with van der Waals surface area (Å²) in [5.74, 6) is 0.205. The minimum Gasteiger partial charge on any atom is -0.508 e. The molecule has 4 N–H and O–H groups in total. The van der Waals surface area contributed by atoms with Crippen molar-refractivity contribution in [3.63, 3.8) is 0 Å². The second-order valence-corrected chi connectivity index (χ2v) is 4.93. The fourth-order valence-corrected chi connectivity index (χ4v) is 1.42. The van der Waals surface area contributed by atoms with Crippen LogP contribution in [-0.2, 0) is 0 Å². The van der Waals surface area contributed by atoms with Gasteiger partial charge in [-0.15, -0.1) is 12.4 Å². The van der Waals surface area contributed by atoms with Crippen molar-refractivity contribution in [3.05, 3.63) is 29.8 Å². The summed E-state index contributed by atoms with van der Waals surface area (Å²) in [5, 5.41) is 19.1. The van der Waals surface area contributed by atoms with Crippen LogP contribution in [0.15, 0.2) is 24.3 Å². The van der Waals surface area contributed by atoms with E-state index in [0.717, 1.165) is 5.56 Å². The van der Waals surface area contributed by atoms with Gasteiger partial charge in [-0.05, 0) is 23.1 Å². The van der Waals surface area contributed by atoms with Gasteiger partial charge in [0.15, 0.2) is 0 Å². The third-order valence-electron chi connectivity index (χ3n) is 2.51. The van der Waals surface area contributed by atoms with Gasteiger partial charge in [0, 0.05) is 0 Å². The van der Waals surface area contributed by atoms with Crippen LogP contribution in [0.2, 0.25) is 0 Å². The molecule has 0 saturated heterocycles. The highest BCUT2D eigenvalue weighted by Crippen LogP contribution is 2.28. The van der Waals surface area contributed by atoms with Gasteiger partial charge in [0.05, 0.1) is 12.1 Å². The molecule has 92 valence electrons. The molecule has 0 aliphatic rings. The fraction of sp³-hybridized carbons (Fsp3) is 0.500. The number of hydrogen-bond acceptors (Lipinski definition) is 3. The Bertz CT molecular complexity index is 319. The van der Waals surface area contributed by atoms with Gasteiger partial charge in [-0.2, -0.15) is 0 Å². The lowest BCUT2D eigenvalue weighted by molar-refractivity contribution is 0.0401. The molecule has 1 rings (SSSR count). The number of aliphatic hydroxyl groups excluding tert-OH is 1. The van der Waals surface area contributed by atoms with Crippen LogP contribution in [0, 0.1) is 5.41 Å². The normalized spacial score (nSPS) is 15.1. The molecule has 0 radical (unpaired) electrons. The minimum atomic E-state index is -0.609. The van der Waals surface area contributed by atoms with Crippen molar-refractivity contribution in [2.75, 3.05) is 0 Å². The van der Waals surface area contributed by atoms with Crippen LogP contribution in [0.3, 0.4) is 0 Å². The van der Waals surface area contributed by atoms with Crippen LogP contribution in [0.5, 0.6) is 5.75 Å². The van der Waals surface area contributed by atoms with Gasteiger partial charge in [0.1, 0.15) is 5.75 Å². The Morgan fingerprint density at radius 1 is 1.12 bits per heavy atom. The molecule has 1 aromatic carbocycles. The first kappa shape index (κ1) is 15.2. The molecule has 0 bridgehead atoms. The van der Waals surface area contributed by atoms with Gasteiger partial charge in [0.25, 0.3) is 0 Å². The van der Waals surface area contributed by atoms with E-state index in [9.17, 15) is 5.11 Å². The minimum absolute atomic E-state index is 0. The van der Waals surface area contributed by atoms with Crippen molar-refractivity contribution in [1.82, 2.24) is 0 Å². The molecule has 0 saturated carbocycles. The standard InChI is InChI=1S/C12H19NO2.ClH/c1-12(2,3)11(15)10(13)8-4-6-9(14)7-5-8;/h4-7,10-11,14-15H,13H2,1-3H3;1H/t10-,11-;/m1./s1. The maximum absolute atomic E-state index is 9.99. The maximum Gasteiger partial charge on any atom is 0.115 e. The first-order chi connectivity index (χ1) is 6.82. The lowest BCUT2D eigenvalue weighted by atomic mass is 9.82. The van der Waals surface area contributed by atoms with Crippen molar-refractivity contribution >= 4 is 12.4 Å². The Balaban J connectivity index is 0.00000225. The predicted molar refractivity (Wildman–Crippen MR) is 67.7 cm³/mol. The summed E-state index contributed by atoms with van der Waals surface area (Å²) >= 11 is 0. The summed E-state index contributed by atoms with van der Waals surface area (Å²) in [5.41, 5.74) is 6.52. The van der Waals surface area contributed by atoms with Crippen LogP contribution >= 0.6 is 12.4 Å². The lowest BCUT2D eigenvalue weighted by Gasteiger charge is -2.31. The molecule has 0 fully saturated rings. The Kier molecular flexibility index (Phi) is 5.26. The first-order valence-corrected chi connectivity index (χ1v) is 5.05. The summed E-state index contributed by atoms with van der Waals surface area (Å²) in [6.07, 6.45) is -0.609. The van der Waals surface area contributed by atoms with Gasteiger partial charge in [-0.25, -0.2) is 0 Å². The Morgan fingerprint density at radius 3 is 1.94 bits per heavy atom. The topological polar surface area (TPSA) is 66.5 Å². The van der Waals surface area contributed by atoms with Crippen molar-refractivity contribution in [1.29, 1.82) is 0 Å². The quantitative estimate of drug-likeness (QED) is 0.749. The largest absolute Gasteiger partial charge is 0.508 e. The second-order valence-electron chi connectivity index (χ2n) is 4.93. The molecular formula is C12H20ClNO2. The average Bonchev–Trinajstić information content (AvgIpc) is 2.15. The number of phenols is 1. The van der Waals surface area contributed by atoms with Gasteiger partial charge < -0.3 is 15.9 Å². The molecule has 0 heterocycles. The zero-order valence-corrected chi connectivity index (χ0v) is 10.7. The van der Waals surface area contributed by atoms with Crippen LogP contribution in [0.1, 0.15) is 32.4 Å². The fourth-order valence-electron chi connectivity index (χ4n) is 1.42. The average molecular weight is 246 g/mol. The molecule has 16 heavy (non-hydrogen) atoms. The zero-order valence-electron chi connectivity index (χ0n) is 9.84. The van der Waals surface area contributed by atoms with Crippen molar-refractivity contribution < 1.29 is 10.2 Å². The SMILES string of the molecule is CC(C)(C)[C@H](O)[C@H](N)c1ccc(O)cc1.Cl. The summed E-state index contributed by atoms with van der Waals surface area (Å²) in [6.45, 7) is 5.83. The Morgan fingerprint density at radius 2 is 1.56 bits per heavy atom. The highest BCUT2D eigenvalue weighted by molar-refractivity contribution is 5.85. The summed E-state index contributed by atoms with van der Waals surface area (Å²) < 4.78 is 0. The van der Waals surface area contributed by atoms with Crippen LogP contribution < -0.4 is 5.73 Å². The van der Waals surface area contributed by atoms with E-state index in [2.05, 4.69) is 0 Å². The molecular weight excluding hydrogens is 226 g/mol. The molecule has 0 unspecified atom stereocenters. The summed E-state index contributed by atoms with van der Waals surface area (Å²) in [6, 6.07) is 6.18. The van der Waals surface area contributed by atoms with E-state index < -0.39 is 12.1 Å². The molecule has 4 heteroatoms. The molecule has 1 aromatic rings. The molecule has 0 aliphatic heterocycles. The second kappa shape index (κ2) is 5.53. The Hall–Kier alpha value is -0.770. The lowest BCUT2D eigenvalue weighted by Crippen LogP contribution is -2.36. The van der Waals surface area contributed by atoms with E-state index in [1.165, 1.54) is 0 Å². The van der Waals surface area contributed by atoms with E-state index >= 15 is 0 Å². The third-order valence-corrected chi connectivity index (χ3v) is 2.51. The van der Waals surface area contributed by atoms with Gasteiger partial charge in [-0.3, -0.25) is 0 Å². The van der Waals surface area contributed by atoms with Gasteiger partial charge >= 0.3 is 0 Å². The van der Waals surface area contributed by atoms with E-state index in [-0.39, 0.29) is 23.6 Å². The van der Waals surface area contributed by atoms with E-state index in [0.29, 0.717) is 0 Å². The highest BCUT2D eigenvalue weighted by atomic mass is 35.5. The maximum atomic E-state index is 9.99. The molecule has 2 atom stereocenters. The van der Waals surface area contributed by atoms with Crippen LogP contribution in [0.25, 0.3) is 0 Å². The monoisotopic (exact) mass is 245 g/mol. The molecule has 0 aliphatic carbocycles.